The van der Waals surface area contributed by atoms with Gasteiger partial charge in [0, 0.05) is 13.2 Å². The molecule has 1 aliphatic carbocycles. The number of methoxy groups -OCH3 is 1. The van der Waals surface area contributed by atoms with Crippen LogP contribution >= 0.6 is 0 Å². The van der Waals surface area contributed by atoms with E-state index in [1.54, 1.807) is 7.11 Å². The fourth-order valence-corrected chi connectivity index (χ4v) is 1.56. The van der Waals surface area contributed by atoms with Crippen molar-refractivity contribution in [2.24, 2.45) is 11.1 Å². The minimum Gasteiger partial charge on any atom is -0.381 e. The van der Waals surface area contributed by atoms with Gasteiger partial charge >= 0.3 is 0 Å². The Morgan fingerprint density at radius 3 is 2.40 bits per heavy atom. The summed E-state index contributed by atoms with van der Waals surface area (Å²) in [6.07, 6.45) is 2.11. The summed E-state index contributed by atoms with van der Waals surface area (Å²) in [5.41, 5.74) is 5.66. The first-order chi connectivity index (χ1) is 6.84. The smallest absolute Gasteiger partial charge is 0.237 e. The van der Waals surface area contributed by atoms with Crippen LogP contribution in [0, 0.1) is 5.41 Å². The normalized spacial score (nSPS) is 28.1. The standard InChI is InChI=1S/C11H22N2O2/c1-11(2,3)9(12)10(14)13-7-5-8(6-7)15-4/h7-9H,5-6,12H2,1-4H3,(H,13,14). The van der Waals surface area contributed by atoms with Crippen LogP contribution in [0.1, 0.15) is 33.6 Å². The zero-order valence-corrected chi connectivity index (χ0v) is 10.0. The second-order valence-corrected chi connectivity index (χ2v) is 5.38. The lowest BCUT2D eigenvalue weighted by Crippen LogP contribution is -2.55. The molecule has 4 nitrogen and oxygen atoms in total. The van der Waals surface area contributed by atoms with Gasteiger partial charge in [-0.3, -0.25) is 4.79 Å². The van der Waals surface area contributed by atoms with Gasteiger partial charge < -0.3 is 15.8 Å². The van der Waals surface area contributed by atoms with Crippen LogP contribution in [0.15, 0.2) is 0 Å². The van der Waals surface area contributed by atoms with Gasteiger partial charge in [0.05, 0.1) is 12.1 Å². The first-order valence-corrected chi connectivity index (χ1v) is 5.43. The van der Waals surface area contributed by atoms with Crippen molar-refractivity contribution >= 4 is 5.91 Å². The first-order valence-electron chi connectivity index (χ1n) is 5.43. The van der Waals surface area contributed by atoms with E-state index in [2.05, 4.69) is 5.32 Å². The van der Waals surface area contributed by atoms with Crippen LogP contribution in [0.25, 0.3) is 0 Å². The Morgan fingerprint density at radius 2 is 2.00 bits per heavy atom. The van der Waals surface area contributed by atoms with Crippen molar-refractivity contribution in [1.29, 1.82) is 0 Å². The molecule has 0 heterocycles. The Balaban J connectivity index is 2.31. The van der Waals surface area contributed by atoms with E-state index in [4.69, 9.17) is 10.5 Å². The number of hydrogen-bond donors (Lipinski definition) is 2. The maximum absolute atomic E-state index is 11.7. The lowest BCUT2D eigenvalue weighted by atomic mass is 9.85. The minimum absolute atomic E-state index is 0.0537. The second kappa shape index (κ2) is 4.49. The first kappa shape index (κ1) is 12.5. The summed E-state index contributed by atoms with van der Waals surface area (Å²) >= 11 is 0. The zero-order valence-electron chi connectivity index (χ0n) is 10.0. The van der Waals surface area contributed by atoms with Crippen LogP contribution in [-0.4, -0.2) is 31.2 Å². The average molecular weight is 214 g/mol. The van der Waals surface area contributed by atoms with Crippen molar-refractivity contribution in [3.05, 3.63) is 0 Å². The number of nitrogens with two attached hydrogens (primary N) is 1. The highest BCUT2D eigenvalue weighted by atomic mass is 16.5. The van der Waals surface area contributed by atoms with Crippen LogP contribution < -0.4 is 11.1 Å². The van der Waals surface area contributed by atoms with Gasteiger partial charge in [-0.1, -0.05) is 20.8 Å². The average Bonchev–Trinajstić information content (AvgIpc) is 2.07. The molecule has 15 heavy (non-hydrogen) atoms. The van der Waals surface area contributed by atoms with Crippen molar-refractivity contribution in [2.75, 3.05) is 7.11 Å². The molecule has 0 saturated heterocycles. The lowest BCUT2D eigenvalue weighted by molar-refractivity contribution is -0.126. The summed E-state index contributed by atoms with van der Waals surface area (Å²) < 4.78 is 5.14. The topological polar surface area (TPSA) is 64.3 Å². The number of ether oxygens (including phenoxy) is 1. The van der Waals surface area contributed by atoms with Gasteiger partial charge in [0.2, 0.25) is 5.91 Å². The quantitative estimate of drug-likeness (QED) is 0.725. The SMILES string of the molecule is COC1CC(NC(=O)C(N)C(C)(C)C)C1. The Morgan fingerprint density at radius 1 is 1.47 bits per heavy atom. The molecular formula is C11H22N2O2. The van der Waals surface area contributed by atoms with Gasteiger partial charge in [-0.15, -0.1) is 0 Å². The van der Waals surface area contributed by atoms with Crippen molar-refractivity contribution in [1.82, 2.24) is 5.32 Å². The Kier molecular flexibility index (Phi) is 3.73. The number of amides is 1. The predicted octanol–water partition coefficient (Wildman–Crippen LogP) is 0.653. The highest BCUT2D eigenvalue weighted by molar-refractivity contribution is 5.82. The third kappa shape index (κ3) is 3.18. The maximum Gasteiger partial charge on any atom is 0.237 e. The zero-order chi connectivity index (χ0) is 11.6. The molecule has 88 valence electrons. The van der Waals surface area contributed by atoms with Crippen LogP contribution in [0.2, 0.25) is 0 Å². The summed E-state index contributed by atoms with van der Waals surface area (Å²) in [5.74, 6) is -0.0537. The Bertz CT molecular complexity index is 229. The molecule has 0 aromatic rings. The molecule has 1 aliphatic rings. The fourth-order valence-electron chi connectivity index (χ4n) is 1.56. The number of carbonyl (C=O) groups excluding carboxylic acids is 1. The summed E-state index contributed by atoms with van der Waals surface area (Å²) in [6.45, 7) is 5.90. The third-order valence-corrected chi connectivity index (χ3v) is 2.99. The maximum atomic E-state index is 11.7. The minimum atomic E-state index is -0.445. The summed E-state index contributed by atoms with van der Waals surface area (Å²) in [5, 5.41) is 2.94. The van der Waals surface area contributed by atoms with Gasteiger partial charge in [0.1, 0.15) is 0 Å². The molecule has 1 amide bonds. The van der Waals surface area contributed by atoms with Crippen LogP contribution in [-0.2, 0) is 9.53 Å². The molecule has 0 aliphatic heterocycles. The van der Waals surface area contributed by atoms with Crippen molar-refractivity contribution < 1.29 is 9.53 Å². The number of nitrogens with one attached hydrogen (secondary N) is 1. The highest BCUT2D eigenvalue weighted by Crippen LogP contribution is 2.23. The van der Waals surface area contributed by atoms with Gasteiger partial charge in [-0.05, 0) is 18.3 Å². The van der Waals surface area contributed by atoms with Gasteiger partial charge in [-0.2, -0.15) is 0 Å². The van der Waals surface area contributed by atoms with E-state index in [1.165, 1.54) is 0 Å². The van der Waals surface area contributed by atoms with Crippen molar-refractivity contribution in [2.45, 2.75) is 51.8 Å². The molecule has 0 aromatic carbocycles. The Hall–Kier alpha value is -0.610. The molecule has 1 atom stereocenters. The van der Waals surface area contributed by atoms with Gasteiger partial charge in [-0.25, -0.2) is 0 Å². The summed E-state index contributed by atoms with van der Waals surface area (Å²) in [6, 6.07) is -0.199. The number of hydrogen-bond acceptors (Lipinski definition) is 3. The highest BCUT2D eigenvalue weighted by Gasteiger charge is 2.34. The molecule has 0 spiro atoms. The van der Waals surface area contributed by atoms with E-state index in [9.17, 15) is 4.79 Å². The molecule has 1 rings (SSSR count). The van der Waals surface area contributed by atoms with Gasteiger partial charge in [0.15, 0.2) is 0 Å². The number of rotatable bonds is 3. The van der Waals surface area contributed by atoms with Crippen LogP contribution in [0.4, 0.5) is 0 Å². The molecule has 0 radical (unpaired) electrons. The molecule has 0 bridgehead atoms. The lowest BCUT2D eigenvalue weighted by Gasteiger charge is -2.36. The monoisotopic (exact) mass is 214 g/mol. The molecule has 1 unspecified atom stereocenters. The van der Waals surface area contributed by atoms with Crippen LogP contribution in [0.3, 0.4) is 0 Å². The second-order valence-electron chi connectivity index (χ2n) is 5.38. The largest absolute Gasteiger partial charge is 0.381 e. The van der Waals surface area contributed by atoms with E-state index in [-0.39, 0.29) is 17.4 Å². The van der Waals surface area contributed by atoms with E-state index < -0.39 is 6.04 Å². The predicted molar refractivity (Wildman–Crippen MR) is 59.4 cm³/mol. The third-order valence-electron chi connectivity index (χ3n) is 2.99. The summed E-state index contributed by atoms with van der Waals surface area (Å²) in [4.78, 5) is 11.7. The molecule has 3 N–H and O–H groups in total. The van der Waals surface area contributed by atoms with Crippen LogP contribution in [0.5, 0.6) is 0 Å². The van der Waals surface area contributed by atoms with E-state index >= 15 is 0 Å². The fraction of sp³-hybridized carbons (Fsp3) is 0.909. The summed E-state index contributed by atoms with van der Waals surface area (Å²) in [7, 11) is 1.70. The van der Waals surface area contributed by atoms with Crippen molar-refractivity contribution in [3.63, 3.8) is 0 Å². The van der Waals surface area contributed by atoms with E-state index in [0.717, 1.165) is 12.8 Å². The Labute approximate surface area is 91.5 Å². The molecule has 1 saturated carbocycles. The van der Waals surface area contributed by atoms with Crippen molar-refractivity contribution in [3.8, 4) is 0 Å². The van der Waals surface area contributed by atoms with E-state index in [1.807, 2.05) is 20.8 Å². The number of carbonyl (C=O) groups is 1. The van der Waals surface area contributed by atoms with Gasteiger partial charge in [0.25, 0.3) is 0 Å². The molecular weight excluding hydrogens is 192 g/mol. The molecule has 0 aromatic heterocycles. The molecule has 4 heteroatoms. The molecule has 1 fully saturated rings. The van der Waals surface area contributed by atoms with E-state index in [0.29, 0.717) is 6.10 Å².